The molecule has 2 rings (SSSR count). The Morgan fingerprint density at radius 1 is 1.50 bits per heavy atom. The van der Waals surface area contributed by atoms with Crippen LogP contribution < -0.4 is 5.32 Å². The Bertz CT molecular complexity index is 372. The van der Waals surface area contributed by atoms with Gasteiger partial charge in [-0.2, -0.15) is 0 Å². The van der Waals surface area contributed by atoms with Gasteiger partial charge < -0.3 is 5.32 Å². The van der Waals surface area contributed by atoms with Gasteiger partial charge in [0.1, 0.15) is 17.3 Å². The molecule has 0 aliphatic heterocycles. The molecule has 1 aromatic heterocycles. The normalized spacial score (nSPS) is 24.7. The lowest BCUT2D eigenvalue weighted by molar-refractivity contribution is 0.439. The Hall–Kier alpha value is -0.350. The molecule has 1 fully saturated rings. The third-order valence-corrected chi connectivity index (χ3v) is 4.58. The highest BCUT2D eigenvalue weighted by molar-refractivity contribution is 9.10. The van der Waals surface area contributed by atoms with Gasteiger partial charge in [0.25, 0.3) is 0 Å². The highest BCUT2D eigenvalue weighted by Gasteiger charge is 2.23. The van der Waals surface area contributed by atoms with E-state index >= 15 is 0 Å². The van der Waals surface area contributed by atoms with Crippen molar-refractivity contribution in [2.45, 2.75) is 26.2 Å². The quantitative estimate of drug-likeness (QED) is 0.864. The summed E-state index contributed by atoms with van der Waals surface area (Å²) in [6, 6.07) is 0. The van der Waals surface area contributed by atoms with Crippen LogP contribution in [0, 0.1) is 11.8 Å². The molecule has 2 unspecified atom stereocenters. The average molecular weight is 305 g/mol. The van der Waals surface area contributed by atoms with Crippen molar-refractivity contribution in [3.8, 4) is 0 Å². The Morgan fingerprint density at radius 3 is 3.00 bits per heavy atom. The van der Waals surface area contributed by atoms with E-state index in [1.54, 1.807) is 0 Å². The molecule has 88 valence electrons. The molecule has 2 atom stereocenters. The van der Waals surface area contributed by atoms with Crippen molar-refractivity contribution in [2.75, 3.05) is 11.9 Å². The van der Waals surface area contributed by atoms with Crippen molar-refractivity contribution >= 4 is 33.3 Å². The minimum Gasteiger partial charge on any atom is -0.369 e. The van der Waals surface area contributed by atoms with Crippen LogP contribution in [-0.4, -0.2) is 16.5 Å². The molecule has 1 saturated carbocycles. The van der Waals surface area contributed by atoms with E-state index in [-0.39, 0.29) is 0 Å². The molecule has 3 nitrogen and oxygen atoms in total. The van der Waals surface area contributed by atoms with Gasteiger partial charge in [-0.3, -0.25) is 0 Å². The first-order valence-electron chi connectivity index (χ1n) is 5.58. The van der Waals surface area contributed by atoms with Crippen LogP contribution in [0.3, 0.4) is 0 Å². The fourth-order valence-electron chi connectivity index (χ4n) is 2.22. The van der Waals surface area contributed by atoms with E-state index in [2.05, 4.69) is 38.1 Å². The summed E-state index contributed by atoms with van der Waals surface area (Å²) in [6.07, 6.45) is 5.48. The summed E-state index contributed by atoms with van der Waals surface area (Å²) < 4.78 is 0.752. The second-order valence-electron chi connectivity index (χ2n) is 4.38. The van der Waals surface area contributed by atoms with Crippen molar-refractivity contribution in [3.63, 3.8) is 0 Å². The van der Waals surface area contributed by atoms with E-state index in [0.29, 0.717) is 5.15 Å². The SMILES string of the molecule is CC1CCCC1CNc1ncnc(Cl)c1Br. The summed E-state index contributed by atoms with van der Waals surface area (Å²) in [5.41, 5.74) is 0. The number of rotatable bonds is 3. The first-order chi connectivity index (χ1) is 7.68. The third-order valence-electron chi connectivity index (χ3n) is 3.32. The maximum atomic E-state index is 5.90. The largest absolute Gasteiger partial charge is 0.369 e. The van der Waals surface area contributed by atoms with Crippen molar-refractivity contribution < 1.29 is 0 Å². The van der Waals surface area contributed by atoms with E-state index < -0.39 is 0 Å². The van der Waals surface area contributed by atoms with Gasteiger partial charge in [-0.05, 0) is 34.2 Å². The zero-order valence-electron chi connectivity index (χ0n) is 9.21. The lowest BCUT2D eigenvalue weighted by Gasteiger charge is -2.16. The maximum Gasteiger partial charge on any atom is 0.148 e. The van der Waals surface area contributed by atoms with Crippen LogP contribution in [0.1, 0.15) is 26.2 Å². The van der Waals surface area contributed by atoms with Gasteiger partial charge in [0.15, 0.2) is 0 Å². The Morgan fingerprint density at radius 2 is 2.31 bits per heavy atom. The average Bonchev–Trinajstić information content (AvgIpc) is 2.67. The van der Waals surface area contributed by atoms with Gasteiger partial charge in [-0.1, -0.05) is 31.4 Å². The molecule has 5 heteroatoms. The zero-order chi connectivity index (χ0) is 11.5. The highest BCUT2D eigenvalue weighted by atomic mass is 79.9. The molecule has 1 heterocycles. The molecule has 0 spiro atoms. The molecular formula is C11H15BrClN3. The van der Waals surface area contributed by atoms with Gasteiger partial charge in [-0.15, -0.1) is 0 Å². The van der Waals surface area contributed by atoms with Crippen molar-refractivity contribution in [3.05, 3.63) is 16.0 Å². The molecule has 0 radical (unpaired) electrons. The second kappa shape index (κ2) is 5.32. The van der Waals surface area contributed by atoms with Gasteiger partial charge in [0.05, 0.1) is 4.47 Å². The molecule has 0 saturated heterocycles. The molecule has 1 aromatic rings. The Balaban J connectivity index is 1.96. The van der Waals surface area contributed by atoms with E-state index in [0.717, 1.165) is 28.7 Å². The maximum absolute atomic E-state index is 5.90. The van der Waals surface area contributed by atoms with Crippen LogP contribution in [-0.2, 0) is 0 Å². The first kappa shape index (κ1) is 12.1. The number of aromatic nitrogens is 2. The van der Waals surface area contributed by atoms with E-state index in [9.17, 15) is 0 Å². The molecule has 1 aliphatic carbocycles. The summed E-state index contributed by atoms with van der Waals surface area (Å²) in [4.78, 5) is 8.07. The standard InChI is InChI=1S/C11H15BrClN3/c1-7-3-2-4-8(7)5-14-11-9(12)10(13)15-6-16-11/h6-8H,2-5H2,1H3,(H,14,15,16). The van der Waals surface area contributed by atoms with Gasteiger partial charge in [0.2, 0.25) is 0 Å². The van der Waals surface area contributed by atoms with E-state index in [4.69, 9.17) is 11.6 Å². The lowest BCUT2D eigenvalue weighted by atomic mass is 9.98. The second-order valence-corrected chi connectivity index (χ2v) is 5.53. The monoisotopic (exact) mass is 303 g/mol. The van der Waals surface area contributed by atoms with E-state index in [1.165, 1.54) is 25.6 Å². The highest BCUT2D eigenvalue weighted by Crippen LogP contribution is 2.32. The van der Waals surface area contributed by atoms with Gasteiger partial charge in [0, 0.05) is 6.54 Å². The van der Waals surface area contributed by atoms with E-state index in [1.807, 2.05) is 0 Å². The smallest absolute Gasteiger partial charge is 0.148 e. The fourth-order valence-corrected chi connectivity index (χ4v) is 2.70. The minimum atomic E-state index is 0.456. The molecular weight excluding hydrogens is 289 g/mol. The summed E-state index contributed by atoms with van der Waals surface area (Å²) in [6.45, 7) is 3.29. The molecule has 16 heavy (non-hydrogen) atoms. The number of hydrogen-bond donors (Lipinski definition) is 1. The van der Waals surface area contributed by atoms with Gasteiger partial charge >= 0.3 is 0 Å². The van der Waals surface area contributed by atoms with Crippen LogP contribution in [0.2, 0.25) is 5.15 Å². The molecule has 0 amide bonds. The van der Waals surface area contributed by atoms with Crippen molar-refractivity contribution in [2.24, 2.45) is 11.8 Å². The summed E-state index contributed by atoms with van der Waals surface area (Å²) >= 11 is 9.29. The van der Waals surface area contributed by atoms with Gasteiger partial charge in [-0.25, -0.2) is 9.97 Å². The number of halogens is 2. The summed E-state index contributed by atoms with van der Waals surface area (Å²) in [5.74, 6) is 2.35. The van der Waals surface area contributed by atoms with Crippen molar-refractivity contribution in [1.82, 2.24) is 9.97 Å². The van der Waals surface area contributed by atoms with Crippen molar-refractivity contribution in [1.29, 1.82) is 0 Å². The topological polar surface area (TPSA) is 37.8 Å². The number of nitrogens with one attached hydrogen (secondary N) is 1. The van der Waals surface area contributed by atoms with Crippen LogP contribution in [0.5, 0.6) is 0 Å². The first-order valence-corrected chi connectivity index (χ1v) is 6.75. The fraction of sp³-hybridized carbons (Fsp3) is 0.636. The summed E-state index contributed by atoms with van der Waals surface area (Å²) in [7, 11) is 0. The zero-order valence-corrected chi connectivity index (χ0v) is 11.6. The Labute approximate surface area is 109 Å². The molecule has 0 aromatic carbocycles. The van der Waals surface area contributed by atoms with Crippen LogP contribution >= 0.6 is 27.5 Å². The predicted octanol–water partition coefficient (Wildman–Crippen LogP) is 3.74. The number of anilines is 1. The molecule has 0 bridgehead atoms. The summed E-state index contributed by atoms with van der Waals surface area (Å²) in [5, 5.41) is 3.80. The number of hydrogen-bond acceptors (Lipinski definition) is 3. The number of nitrogens with zero attached hydrogens (tertiary/aromatic N) is 2. The molecule has 1 N–H and O–H groups in total. The van der Waals surface area contributed by atoms with Crippen LogP contribution in [0.4, 0.5) is 5.82 Å². The van der Waals surface area contributed by atoms with Crippen LogP contribution in [0.25, 0.3) is 0 Å². The lowest BCUT2D eigenvalue weighted by Crippen LogP contribution is -2.17. The molecule has 1 aliphatic rings. The predicted molar refractivity (Wildman–Crippen MR) is 69.7 cm³/mol. The van der Waals surface area contributed by atoms with Crippen LogP contribution in [0.15, 0.2) is 10.8 Å². The Kier molecular flexibility index (Phi) is 4.03. The third kappa shape index (κ3) is 2.66. The minimum absolute atomic E-state index is 0.456.